The summed E-state index contributed by atoms with van der Waals surface area (Å²) in [4.78, 5) is 0.891. The van der Waals surface area contributed by atoms with Gasteiger partial charge in [0.25, 0.3) is 0 Å². The predicted molar refractivity (Wildman–Crippen MR) is 97.6 cm³/mol. The third-order valence-electron chi connectivity index (χ3n) is 4.82. The molecule has 0 amide bonds. The third-order valence-corrected chi connectivity index (χ3v) is 6.71. The molecule has 0 radical (unpaired) electrons. The summed E-state index contributed by atoms with van der Waals surface area (Å²) in [5, 5.41) is 0. The smallest absolute Gasteiger partial charge is 0.416 e. The van der Waals surface area contributed by atoms with Crippen LogP contribution in [0.15, 0.2) is 53.4 Å². The summed E-state index contributed by atoms with van der Waals surface area (Å²) in [6.45, 7) is 2.41. The van der Waals surface area contributed by atoms with Crippen LogP contribution in [0, 0.1) is 0 Å². The van der Waals surface area contributed by atoms with Crippen LogP contribution in [-0.4, -0.2) is 46.0 Å². The largest absolute Gasteiger partial charge is 0.497 e. The lowest BCUT2D eigenvalue weighted by Crippen LogP contribution is -3.13. The molecule has 152 valence electrons. The Balaban J connectivity index is 1.67. The lowest BCUT2D eigenvalue weighted by atomic mass is 10.2. The van der Waals surface area contributed by atoms with E-state index in [-0.39, 0.29) is 18.0 Å². The molecule has 0 spiro atoms. The molecule has 1 aliphatic heterocycles. The molecular weight excluding hydrogens is 393 g/mol. The molecule has 5 nitrogen and oxygen atoms in total. The minimum atomic E-state index is -4.58. The topological polar surface area (TPSA) is 51.1 Å². The normalized spacial score (nSPS) is 16.9. The molecule has 1 heterocycles. The number of rotatable bonds is 5. The number of hydrogen-bond donors (Lipinski definition) is 1. The molecule has 0 saturated carbocycles. The lowest BCUT2D eigenvalue weighted by molar-refractivity contribution is -0.917. The van der Waals surface area contributed by atoms with Crippen molar-refractivity contribution in [2.24, 2.45) is 0 Å². The highest BCUT2D eigenvalue weighted by molar-refractivity contribution is 7.89. The van der Waals surface area contributed by atoms with Crippen molar-refractivity contribution in [1.29, 1.82) is 0 Å². The van der Waals surface area contributed by atoms with Crippen LogP contribution in [0.5, 0.6) is 5.75 Å². The van der Waals surface area contributed by atoms with E-state index >= 15 is 0 Å². The van der Waals surface area contributed by atoms with Gasteiger partial charge in [-0.1, -0.05) is 18.2 Å². The number of piperazine rings is 1. The van der Waals surface area contributed by atoms with Crippen LogP contribution < -0.4 is 9.64 Å². The zero-order valence-electron chi connectivity index (χ0n) is 15.4. The van der Waals surface area contributed by atoms with E-state index in [0.717, 1.165) is 30.0 Å². The number of sulfonamides is 1. The molecule has 2 aromatic carbocycles. The number of nitrogens with zero attached hydrogens (tertiary/aromatic N) is 1. The molecule has 28 heavy (non-hydrogen) atoms. The fourth-order valence-corrected chi connectivity index (χ4v) is 4.76. The molecule has 0 aliphatic carbocycles. The Kier molecular flexibility index (Phi) is 5.97. The first-order valence-corrected chi connectivity index (χ1v) is 10.3. The summed E-state index contributed by atoms with van der Waals surface area (Å²) in [5.74, 6) is 0.766. The van der Waals surface area contributed by atoms with E-state index in [0.29, 0.717) is 19.2 Å². The van der Waals surface area contributed by atoms with Crippen molar-refractivity contribution in [3.8, 4) is 5.75 Å². The van der Waals surface area contributed by atoms with Gasteiger partial charge in [-0.25, -0.2) is 8.42 Å². The molecule has 0 atom stereocenters. The van der Waals surface area contributed by atoms with Gasteiger partial charge in [0.15, 0.2) is 0 Å². The number of quaternary nitrogens is 1. The predicted octanol–water partition coefficient (Wildman–Crippen LogP) is 1.80. The molecule has 1 aliphatic rings. The van der Waals surface area contributed by atoms with E-state index in [9.17, 15) is 21.6 Å². The lowest BCUT2D eigenvalue weighted by Gasteiger charge is -2.31. The van der Waals surface area contributed by atoms with Gasteiger partial charge >= 0.3 is 6.18 Å². The first-order chi connectivity index (χ1) is 13.2. The van der Waals surface area contributed by atoms with Crippen molar-refractivity contribution in [3.05, 3.63) is 59.7 Å². The Morgan fingerprint density at radius 3 is 2.39 bits per heavy atom. The number of nitrogens with one attached hydrogen (secondary N) is 1. The van der Waals surface area contributed by atoms with Crippen LogP contribution in [0.2, 0.25) is 0 Å². The summed E-state index contributed by atoms with van der Waals surface area (Å²) in [6.07, 6.45) is -4.58. The number of ether oxygens (including phenoxy) is 1. The van der Waals surface area contributed by atoms with Crippen LogP contribution in [0.1, 0.15) is 11.1 Å². The van der Waals surface area contributed by atoms with Gasteiger partial charge in [0.2, 0.25) is 10.0 Å². The highest BCUT2D eigenvalue weighted by Crippen LogP contribution is 2.31. The average molecular weight is 415 g/mol. The van der Waals surface area contributed by atoms with Gasteiger partial charge in [-0.15, -0.1) is 0 Å². The number of hydrogen-bond acceptors (Lipinski definition) is 3. The number of benzene rings is 2. The Labute approximate surface area is 162 Å². The minimum absolute atomic E-state index is 0.262. The van der Waals surface area contributed by atoms with E-state index in [1.807, 2.05) is 24.3 Å². The van der Waals surface area contributed by atoms with Crippen molar-refractivity contribution in [1.82, 2.24) is 4.31 Å². The Hall–Kier alpha value is -2.10. The zero-order chi connectivity index (χ0) is 20.4. The number of alkyl halides is 3. The molecule has 2 aromatic rings. The van der Waals surface area contributed by atoms with Crippen LogP contribution in [0.25, 0.3) is 0 Å². The highest BCUT2D eigenvalue weighted by Gasteiger charge is 2.34. The zero-order valence-corrected chi connectivity index (χ0v) is 16.2. The maximum absolute atomic E-state index is 12.9. The fourth-order valence-electron chi connectivity index (χ4n) is 3.27. The first-order valence-electron chi connectivity index (χ1n) is 8.84. The second-order valence-corrected chi connectivity index (χ2v) is 8.65. The van der Waals surface area contributed by atoms with Gasteiger partial charge in [0, 0.05) is 5.56 Å². The van der Waals surface area contributed by atoms with Crippen LogP contribution in [-0.2, 0) is 22.7 Å². The van der Waals surface area contributed by atoms with Crippen LogP contribution in [0.4, 0.5) is 13.2 Å². The van der Waals surface area contributed by atoms with E-state index in [1.165, 1.54) is 15.3 Å². The van der Waals surface area contributed by atoms with Crippen molar-refractivity contribution >= 4 is 10.0 Å². The maximum atomic E-state index is 12.9. The van der Waals surface area contributed by atoms with Gasteiger partial charge < -0.3 is 9.64 Å². The van der Waals surface area contributed by atoms with Gasteiger partial charge in [-0.3, -0.25) is 0 Å². The summed E-state index contributed by atoms with van der Waals surface area (Å²) >= 11 is 0. The third kappa shape index (κ3) is 4.65. The number of halogens is 3. The number of methoxy groups -OCH3 is 1. The van der Waals surface area contributed by atoms with E-state index in [4.69, 9.17) is 4.74 Å². The first kappa shape index (κ1) is 20.6. The SMILES string of the molecule is COc1cccc(C[NH+]2CCN(S(=O)(=O)c3cccc(C(F)(F)F)c3)CC2)c1. The minimum Gasteiger partial charge on any atom is -0.497 e. The molecule has 3 rings (SSSR count). The second kappa shape index (κ2) is 8.10. The molecule has 9 heteroatoms. The van der Waals surface area contributed by atoms with Crippen molar-refractivity contribution in [3.63, 3.8) is 0 Å². The van der Waals surface area contributed by atoms with Crippen LogP contribution in [0.3, 0.4) is 0 Å². The Bertz CT molecular complexity index is 924. The van der Waals surface area contributed by atoms with Crippen molar-refractivity contribution in [2.75, 3.05) is 33.3 Å². The van der Waals surface area contributed by atoms with Gasteiger partial charge in [0.05, 0.1) is 43.7 Å². The molecule has 0 unspecified atom stereocenters. The Morgan fingerprint density at radius 2 is 1.75 bits per heavy atom. The molecular formula is C19H22F3N2O3S+. The fraction of sp³-hybridized carbons (Fsp3) is 0.368. The van der Waals surface area contributed by atoms with Gasteiger partial charge in [-0.2, -0.15) is 17.5 Å². The standard InChI is InChI=1S/C19H21F3N2O3S/c1-27-17-6-2-4-15(12-17)14-23-8-10-24(11-9-23)28(25,26)18-7-3-5-16(13-18)19(20,21)22/h2-7,12-13H,8-11,14H2,1H3/p+1. The molecule has 0 bridgehead atoms. The van der Waals surface area contributed by atoms with E-state index in [1.54, 1.807) is 7.11 Å². The highest BCUT2D eigenvalue weighted by atomic mass is 32.2. The van der Waals surface area contributed by atoms with E-state index in [2.05, 4.69) is 0 Å². The molecule has 1 N–H and O–H groups in total. The molecule has 1 fully saturated rings. The monoisotopic (exact) mass is 415 g/mol. The van der Waals surface area contributed by atoms with Crippen molar-refractivity contribution in [2.45, 2.75) is 17.6 Å². The van der Waals surface area contributed by atoms with Gasteiger partial charge in [0.1, 0.15) is 12.3 Å². The summed E-state index contributed by atoms with van der Waals surface area (Å²) in [5.41, 5.74) is 0.124. The van der Waals surface area contributed by atoms with E-state index < -0.39 is 21.8 Å². The quantitative estimate of drug-likeness (QED) is 0.811. The molecule has 1 saturated heterocycles. The summed E-state index contributed by atoms with van der Waals surface area (Å²) in [7, 11) is -2.35. The maximum Gasteiger partial charge on any atom is 0.416 e. The summed E-state index contributed by atoms with van der Waals surface area (Å²) in [6, 6.07) is 11.6. The van der Waals surface area contributed by atoms with Gasteiger partial charge in [-0.05, 0) is 30.3 Å². The van der Waals surface area contributed by atoms with Crippen molar-refractivity contribution < 1.29 is 31.2 Å². The average Bonchev–Trinajstić information content (AvgIpc) is 2.68. The molecule has 0 aromatic heterocycles. The van der Waals surface area contributed by atoms with Crippen LogP contribution >= 0.6 is 0 Å². The second-order valence-electron chi connectivity index (χ2n) is 6.71. The summed E-state index contributed by atoms with van der Waals surface area (Å²) < 4.78 is 70.6. The Morgan fingerprint density at radius 1 is 1.07 bits per heavy atom.